The van der Waals surface area contributed by atoms with Gasteiger partial charge in [-0.15, -0.1) is 0 Å². The second-order valence-electron chi connectivity index (χ2n) is 5.08. The average Bonchev–Trinajstić information content (AvgIpc) is 2.47. The lowest BCUT2D eigenvalue weighted by atomic mass is 9.98. The molecule has 0 bridgehead atoms. The molecule has 0 aliphatic carbocycles. The fraction of sp³-hybridized carbons (Fsp3) is 0.294. The zero-order chi connectivity index (χ0) is 15.6. The number of nitrogens with zero attached hydrogens (tertiary/aromatic N) is 1. The first-order chi connectivity index (χ1) is 10.0. The fourth-order valence-corrected chi connectivity index (χ4v) is 2.28. The highest BCUT2D eigenvalue weighted by Gasteiger charge is 2.06. The second-order valence-corrected chi connectivity index (χ2v) is 5.08. The van der Waals surface area contributed by atoms with E-state index in [4.69, 9.17) is 5.73 Å². The predicted octanol–water partition coefficient (Wildman–Crippen LogP) is 3.81. The molecule has 3 N–H and O–H groups in total. The summed E-state index contributed by atoms with van der Waals surface area (Å²) in [6.45, 7) is 8.30. The molecule has 110 valence electrons. The molecule has 2 aromatic carbocycles. The number of aromatic nitrogens is 2. The molecule has 0 amide bonds. The van der Waals surface area contributed by atoms with Gasteiger partial charge in [0.2, 0.25) is 5.95 Å². The van der Waals surface area contributed by atoms with Crippen LogP contribution in [-0.4, -0.2) is 9.97 Å². The van der Waals surface area contributed by atoms with Gasteiger partial charge in [0.25, 0.3) is 5.56 Å². The third-order valence-corrected chi connectivity index (χ3v) is 3.37. The SMILES string of the molecule is CC.CC(C)c1ccc2cc3nc(N)[nH]c(=O)c3cc2c1. The van der Waals surface area contributed by atoms with Crippen LogP contribution < -0.4 is 11.3 Å². The minimum absolute atomic E-state index is 0.149. The molecule has 4 nitrogen and oxygen atoms in total. The van der Waals surface area contributed by atoms with Gasteiger partial charge in [0, 0.05) is 0 Å². The average molecular weight is 283 g/mol. The molecule has 1 heterocycles. The van der Waals surface area contributed by atoms with Crippen LogP contribution in [0.15, 0.2) is 35.1 Å². The Balaban J connectivity index is 0.000000774. The summed E-state index contributed by atoms with van der Waals surface area (Å²) in [4.78, 5) is 18.6. The number of benzene rings is 2. The summed E-state index contributed by atoms with van der Waals surface area (Å²) in [6.07, 6.45) is 0. The van der Waals surface area contributed by atoms with E-state index in [1.807, 2.05) is 26.0 Å². The Bertz CT molecular complexity index is 834. The molecule has 0 aliphatic heterocycles. The third-order valence-electron chi connectivity index (χ3n) is 3.37. The maximum Gasteiger partial charge on any atom is 0.260 e. The van der Waals surface area contributed by atoms with E-state index in [1.54, 1.807) is 0 Å². The van der Waals surface area contributed by atoms with E-state index < -0.39 is 0 Å². The first-order valence-corrected chi connectivity index (χ1v) is 7.28. The van der Waals surface area contributed by atoms with Crippen LogP contribution in [0.5, 0.6) is 0 Å². The van der Waals surface area contributed by atoms with Crippen LogP contribution in [0, 0.1) is 0 Å². The van der Waals surface area contributed by atoms with Gasteiger partial charge in [0.15, 0.2) is 0 Å². The van der Waals surface area contributed by atoms with E-state index in [0.29, 0.717) is 16.8 Å². The molecular weight excluding hydrogens is 262 g/mol. The number of anilines is 1. The molecule has 0 radical (unpaired) electrons. The maximum absolute atomic E-state index is 11.9. The van der Waals surface area contributed by atoms with E-state index in [1.165, 1.54) is 5.56 Å². The monoisotopic (exact) mass is 283 g/mol. The van der Waals surface area contributed by atoms with Crippen LogP contribution in [0.4, 0.5) is 5.95 Å². The molecule has 0 saturated carbocycles. The number of fused-ring (bicyclic) bond motifs is 2. The zero-order valence-electron chi connectivity index (χ0n) is 12.9. The van der Waals surface area contributed by atoms with Crippen LogP contribution in [0.3, 0.4) is 0 Å². The van der Waals surface area contributed by atoms with Gasteiger partial charge in [-0.25, -0.2) is 4.98 Å². The maximum atomic E-state index is 11.9. The highest BCUT2D eigenvalue weighted by Crippen LogP contribution is 2.24. The molecule has 4 heteroatoms. The third kappa shape index (κ3) is 2.89. The first kappa shape index (κ1) is 15.0. The Morgan fingerprint density at radius 3 is 2.48 bits per heavy atom. The molecule has 0 spiro atoms. The van der Waals surface area contributed by atoms with Crippen LogP contribution in [0.1, 0.15) is 39.2 Å². The Kier molecular flexibility index (Phi) is 4.26. The predicted molar refractivity (Wildman–Crippen MR) is 89.7 cm³/mol. The van der Waals surface area contributed by atoms with Crippen molar-refractivity contribution in [2.75, 3.05) is 5.73 Å². The fourth-order valence-electron chi connectivity index (χ4n) is 2.28. The van der Waals surface area contributed by atoms with Crippen molar-refractivity contribution in [3.8, 4) is 0 Å². The smallest absolute Gasteiger partial charge is 0.260 e. The molecule has 0 aliphatic rings. The number of nitrogens with one attached hydrogen (secondary N) is 1. The summed E-state index contributed by atoms with van der Waals surface area (Å²) in [5.41, 5.74) is 7.26. The Morgan fingerprint density at radius 2 is 1.81 bits per heavy atom. The van der Waals surface area contributed by atoms with Crippen molar-refractivity contribution < 1.29 is 0 Å². The number of aromatic amines is 1. The summed E-state index contributed by atoms with van der Waals surface area (Å²) in [5, 5.41) is 2.69. The molecule has 3 rings (SSSR count). The number of hydrogen-bond donors (Lipinski definition) is 2. The normalized spacial score (nSPS) is 10.7. The van der Waals surface area contributed by atoms with E-state index >= 15 is 0 Å². The Labute approximate surface area is 124 Å². The van der Waals surface area contributed by atoms with Gasteiger partial charge >= 0.3 is 0 Å². The molecule has 21 heavy (non-hydrogen) atoms. The van der Waals surface area contributed by atoms with Crippen molar-refractivity contribution in [3.63, 3.8) is 0 Å². The summed E-state index contributed by atoms with van der Waals surface area (Å²) in [7, 11) is 0. The highest BCUT2D eigenvalue weighted by molar-refractivity contribution is 5.96. The summed E-state index contributed by atoms with van der Waals surface area (Å²) in [6, 6.07) is 10.1. The van der Waals surface area contributed by atoms with Crippen molar-refractivity contribution in [2.45, 2.75) is 33.6 Å². The molecule has 3 aromatic rings. The lowest BCUT2D eigenvalue weighted by molar-refractivity contribution is 0.869. The molecule has 0 fully saturated rings. The molecule has 0 unspecified atom stereocenters. The lowest BCUT2D eigenvalue weighted by Gasteiger charge is -2.08. The van der Waals surface area contributed by atoms with Crippen LogP contribution in [0.2, 0.25) is 0 Å². The summed E-state index contributed by atoms with van der Waals surface area (Å²) in [5.74, 6) is 0.610. The molecular formula is C17H21N3O. The quantitative estimate of drug-likeness (QED) is 0.667. The van der Waals surface area contributed by atoms with Gasteiger partial charge in [-0.05, 0) is 34.4 Å². The molecule has 1 aromatic heterocycles. The largest absolute Gasteiger partial charge is 0.369 e. The summed E-state index contributed by atoms with van der Waals surface area (Å²) >= 11 is 0. The van der Waals surface area contributed by atoms with Gasteiger partial charge in [-0.3, -0.25) is 9.78 Å². The van der Waals surface area contributed by atoms with E-state index in [9.17, 15) is 4.79 Å². The number of nitrogens with two attached hydrogens (primary N) is 1. The Hall–Kier alpha value is -2.36. The van der Waals surface area contributed by atoms with Gasteiger partial charge < -0.3 is 5.73 Å². The van der Waals surface area contributed by atoms with Crippen molar-refractivity contribution in [2.24, 2.45) is 0 Å². The van der Waals surface area contributed by atoms with Gasteiger partial charge in [0.1, 0.15) is 0 Å². The van der Waals surface area contributed by atoms with Crippen molar-refractivity contribution >= 4 is 27.6 Å². The molecule has 0 saturated heterocycles. The van der Waals surface area contributed by atoms with Crippen molar-refractivity contribution in [1.82, 2.24) is 9.97 Å². The van der Waals surface area contributed by atoms with E-state index in [-0.39, 0.29) is 11.5 Å². The highest BCUT2D eigenvalue weighted by atomic mass is 16.1. The topological polar surface area (TPSA) is 71.8 Å². The number of H-pyrrole nitrogens is 1. The standard InChI is InChI=1S/C15H15N3O.C2H6/c1-8(2)9-3-4-10-7-13-12(6-11(10)5-9)14(19)18-15(16)17-13;1-2/h3-8H,1-2H3,(H3,16,17,18,19);1-2H3. The van der Waals surface area contributed by atoms with E-state index in [2.05, 4.69) is 42.0 Å². The van der Waals surface area contributed by atoms with E-state index in [0.717, 1.165) is 10.8 Å². The lowest BCUT2D eigenvalue weighted by Crippen LogP contribution is -2.11. The van der Waals surface area contributed by atoms with Crippen LogP contribution in [0.25, 0.3) is 21.7 Å². The number of nitrogen functional groups attached to an aromatic ring is 1. The van der Waals surface area contributed by atoms with Crippen LogP contribution >= 0.6 is 0 Å². The van der Waals surface area contributed by atoms with Crippen molar-refractivity contribution in [3.05, 3.63) is 46.2 Å². The second kappa shape index (κ2) is 5.95. The summed E-state index contributed by atoms with van der Waals surface area (Å²) < 4.78 is 0. The van der Waals surface area contributed by atoms with Gasteiger partial charge in [-0.2, -0.15) is 0 Å². The minimum atomic E-state index is -0.195. The zero-order valence-corrected chi connectivity index (χ0v) is 12.9. The van der Waals surface area contributed by atoms with Crippen molar-refractivity contribution in [1.29, 1.82) is 0 Å². The number of hydrogen-bond acceptors (Lipinski definition) is 3. The van der Waals surface area contributed by atoms with Crippen LogP contribution in [-0.2, 0) is 0 Å². The number of rotatable bonds is 1. The van der Waals surface area contributed by atoms with Gasteiger partial charge in [-0.1, -0.05) is 45.9 Å². The first-order valence-electron chi connectivity index (χ1n) is 7.28. The Morgan fingerprint density at radius 1 is 1.10 bits per heavy atom. The minimum Gasteiger partial charge on any atom is -0.369 e. The van der Waals surface area contributed by atoms with Gasteiger partial charge in [0.05, 0.1) is 10.9 Å². The molecule has 0 atom stereocenters.